The molecule has 0 unspecified atom stereocenters. The van der Waals surface area contributed by atoms with Gasteiger partial charge in [0.15, 0.2) is 6.61 Å². The molecule has 0 fully saturated rings. The number of carboxylic acids is 1. The first-order valence-corrected chi connectivity index (χ1v) is 6.41. The van der Waals surface area contributed by atoms with E-state index in [1.807, 2.05) is 13.8 Å². The Balaban J connectivity index is 2.62. The van der Waals surface area contributed by atoms with Crippen LogP contribution >= 0.6 is 0 Å². The molecule has 0 spiro atoms. The van der Waals surface area contributed by atoms with Crippen LogP contribution in [0.1, 0.15) is 19.4 Å². The van der Waals surface area contributed by atoms with E-state index in [2.05, 4.69) is 4.74 Å². The second-order valence-electron chi connectivity index (χ2n) is 4.94. The molecule has 0 bridgehead atoms. The summed E-state index contributed by atoms with van der Waals surface area (Å²) in [4.78, 5) is 12.5. The van der Waals surface area contributed by atoms with E-state index in [0.29, 0.717) is 6.54 Å². The largest absolute Gasteiger partial charge is 0.484 e. The van der Waals surface area contributed by atoms with E-state index in [1.165, 1.54) is 12.1 Å². The molecule has 0 aliphatic rings. The van der Waals surface area contributed by atoms with E-state index in [9.17, 15) is 18.0 Å². The summed E-state index contributed by atoms with van der Waals surface area (Å²) < 4.78 is 40.7. The average Bonchev–Trinajstić information content (AvgIpc) is 2.35. The predicted molar refractivity (Wildman–Crippen MR) is 71.2 cm³/mol. The number of carbonyl (C=O) groups is 1. The van der Waals surface area contributed by atoms with Crippen LogP contribution in [-0.2, 0) is 11.3 Å². The number of benzene rings is 1. The molecule has 21 heavy (non-hydrogen) atoms. The molecule has 0 aromatic heterocycles. The molecule has 0 heterocycles. The fraction of sp³-hybridized carbons (Fsp3) is 0.500. The van der Waals surface area contributed by atoms with Crippen molar-refractivity contribution in [1.82, 2.24) is 4.90 Å². The van der Waals surface area contributed by atoms with Crippen molar-refractivity contribution in [3.8, 4) is 5.75 Å². The lowest BCUT2D eigenvalue weighted by atomic mass is 10.2. The van der Waals surface area contributed by atoms with Crippen LogP contribution < -0.4 is 4.74 Å². The quantitative estimate of drug-likeness (QED) is 0.841. The zero-order valence-corrected chi connectivity index (χ0v) is 11.9. The molecule has 0 amide bonds. The topological polar surface area (TPSA) is 49.8 Å². The summed E-state index contributed by atoms with van der Waals surface area (Å²) in [5.41, 5.74) is 0.810. The van der Waals surface area contributed by atoms with E-state index in [4.69, 9.17) is 5.11 Å². The maximum absolute atomic E-state index is 12.0. The molecule has 1 rings (SSSR count). The number of carboxylic acid groups (broad SMARTS) is 1. The van der Waals surface area contributed by atoms with Gasteiger partial charge in [-0.05, 0) is 31.5 Å². The van der Waals surface area contributed by atoms with Crippen LogP contribution in [-0.4, -0.2) is 41.3 Å². The van der Waals surface area contributed by atoms with Gasteiger partial charge in [-0.25, -0.2) is 0 Å². The Morgan fingerprint density at radius 3 is 2.29 bits per heavy atom. The average molecular weight is 305 g/mol. The Hall–Kier alpha value is -1.76. The lowest BCUT2D eigenvalue weighted by Crippen LogP contribution is -2.35. The smallest absolute Gasteiger partial charge is 0.422 e. The summed E-state index contributed by atoms with van der Waals surface area (Å²) in [7, 11) is 0. The van der Waals surface area contributed by atoms with Crippen molar-refractivity contribution in [2.75, 3.05) is 13.2 Å². The number of alkyl halides is 3. The summed E-state index contributed by atoms with van der Waals surface area (Å²) in [6, 6.07) is 6.19. The molecule has 1 N–H and O–H groups in total. The SMILES string of the molecule is CC(C)N(CC(=O)O)Cc1ccc(OCC(F)(F)F)cc1. The van der Waals surface area contributed by atoms with Gasteiger partial charge in [0, 0.05) is 12.6 Å². The van der Waals surface area contributed by atoms with E-state index >= 15 is 0 Å². The second kappa shape index (κ2) is 7.31. The Bertz CT molecular complexity index is 458. The van der Waals surface area contributed by atoms with Gasteiger partial charge in [-0.2, -0.15) is 13.2 Å². The first kappa shape index (κ1) is 17.3. The highest BCUT2D eigenvalue weighted by molar-refractivity contribution is 5.69. The Morgan fingerprint density at radius 1 is 1.29 bits per heavy atom. The zero-order chi connectivity index (χ0) is 16.0. The van der Waals surface area contributed by atoms with Gasteiger partial charge in [0.2, 0.25) is 0 Å². The molecular weight excluding hydrogens is 287 g/mol. The molecule has 0 atom stereocenters. The molecule has 0 saturated carbocycles. The molecule has 1 aromatic carbocycles. The van der Waals surface area contributed by atoms with Gasteiger partial charge in [-0.3, -0.25) is 9.69 Å². The Morgan fingerprint density at radius 2 is 1.86 bits per heavy atom. The molecule has 118 valence electrons. The highest BCUT2D eigenvalue weighted by Gasteiger charge is 2.28. The van der Waals surface area contributed by atoms with Crippen molar-refractivity contribution >= 4 is 5.97 Å². The van der Waals surface area contributed by atoms with E-state index in [-0.39, 0.29) is 18.3 Å². The van der Waals surface area contributed by atoms with E-state index < -0.39 is 18.8 Å². The molecular formula is C14H18F3NO3. The zero-order valence-electron chi connectivity index (χ0n) is 11.9. The molecule has 0 radical (unpaired) electrons. The Labute approximate surface area is 121 Å². The second-order valence-corrected chi connectivity index (χ2v) is 4.94. The van der Waals surface area contributed by atoms with Crippen molar-refractivity contribution in [1.29, 1.82) is 0 Å². The molecule has 0 saturated heterocycles. The number of hydrogen-bond acceptors (Lipinski definition) is 3. The van der Waals surface area contributed by atoms with Crippen LogP contribution in [0.3, 0.4) is 0 Å². The highest BCUT2D eigenvalue weighted by Crippen LogP contribution is 2.19. The van der Waals surface area contributed by atoms with Gasteiger partial charge in [0.25, 0.3) is 0 Å². The number of halogens is 3. The van der Waals surface area contributed by atoms with Crippen LogP contribution in [0.4, 0.5) is 13.2 Å². The maximum atomic E-state index is 12.0. The van der Waals surface area contributed by atoms with Crippen LogP contribution in [0.5, 0.6) is 5.75 Å². The number of nitrogens with zero attached hydrogens (tertiary/aromatic N) is 1. The van der Waals surface area contributed by atoms with Crippen molar-refractivity contribution in [2.24, 2.45) is 0 Å². The summed E-state index contributed by atoms with van der Waals surface area (Å²) in [6.45, 7) is 2.74. The minimum Gasteiger partial charge on any atom is -0.484 e. The summed E-state index contributed by atoms with van der Waals surface area (Å²) in [5, 5.41) is 8.83. The first-order chi connectivity index (χ1) is 9.67. The minimum atomic E-state index is -4.37. The summed E-state index contributed by atoms with van der Waals surface area (Å²) >= 11 is 0. The van der Waals surface area contributed by atoms with Gasteiger partial charge in [-0.15, -0.1) is 0 Å². The molecule has 1 aromatic rings. The first-order valence-electron chi connectivity index (χ1n) is 6.41. The summed E-state index contributed by atoms with van der Waals surface area (Å²) in [5.74, 6) is -0.792. The van der Waals surface area contributed by atoms with Crippen LogP contribution in [0.15, 0.2) is 24.3 Å². The molecule has 0 aliphatic heterocycles. The molecule has 7 heteroatoms. The predicted octanol–water partition coefficient (Wildman–Crippen LogP) is 2.92. The van der Waals surface area contributed by atoms with E-state index in [1.54, 1.807) is 17.0 Å². The van der Waals surface area contributed by atoms with Gasteiger partial charge in [0.1, 0.15) is 5.75 Å². The van der Waals surface area contributed by atoms with Crippen LogP contribution in [0.25, 0.3) is 0 Å². The third-order valence-electron chi connectivity index (χ3n) is 2.78. The summed E-state index contributed by atoms with van der Waals surface area (Å²) in [6.07, 6.45) is -4.37. The minimum absolute atomic E-state index is 0.0438. The number of ether oxygens (including phenoxy) is 1. The number of aliphatic carboxylic acids is 1. The van der Waals surface area contributed by atoms with Gasteiger partial charge < -0.3 is 9.84 Å². The van der Waals surface area contributed by atoms with Crippen molar-refractivity contribution in [3.63, 3.8) is 0 Å². The van der Waals surface area contributed by atoms with Crippen molar-refractivity contribution in [3.05, 3.63) is 29.8 Å². The molecule has 0 aliphatic carbocycles. The lowest BCUT2D eigenvalue weighted by Gasteiger charge is -2.24. The van der Waals surface area contributed by atoms with Crippen molar-refractivity contribution in [2.45, 2.75) is 32.6 Å². The van der Waals surface area contributed by atoms with E-state index in [0.717, 1.165) is 5.56 Å². The Kier molecular flexibility index (Phi) is 6.02. The highest BCUT2D eigenvalue weighted by atomic mass is 19.4. The monoisotopic (exact) mass is 305 g/mol. The normalized spacial score (nSPS) is 12.0. The fourth-order valence-electron chi connectivity index (χ4n) is 1.69. The van der Waals surface area contributed by atoms with Gasteiger partial charge in [-0.1, -0.05) is 12.1 Å². The number of rotatable bonds is 7. The maximum Gasteiger partial charge on any atom is 0.422 e. The standard InChI is InChI=1S/C14H18F3NO3/c1-10(2)18(8-13(19)20)7-11-3-5-12(6-4-11)21-9-14(15,16)17/h3-6,10H,7-9H2,1-2H3,(H,19,20). The third kappa shape index (κ3) is 6.99. The lowest BCUT2D eigenvalue weighted by molar-refractivity contribution is -0.153. The van der Waals surface area contributed by atoms with Gasteiger partial charge >= 0.3 is 12.1 Å². The molecule has 4 nitrogen and oxygen atoms in total. The van der Waals surface area contributed by atoms with Crippen molar-refractivity contribution < 1.29 is 27.8 Å². The van der Waals surface area contributed by atoms with Crippen LogP contribution in [0, 0.1) is 0 Å². The third-order valence-corrected chi connectivity index (χ3v) is 2.78. The number of hydrogen-bond donors (Lipinski definition) is 1. The van der Waals surface area contributed by atoms with Gasteiger partial charge in [0.05, 0.1) is 6.54 Å². The van der Waals surface area contributed by atoms with Crippen LogP contribution in [0.2, 0.25) is 0 Å². The fourth-order valence-corrected chi connectivity index (χ4v) is 1.69.